The molecule has 1 saturated heterocycles. The largest absolute Gasteiger partial charge is 0.349 e. The number of hydrogen-bond acceptors (Lipinski definition) is 3. The van der Waals surface area contributed by atoms with Gasteiger partial charge in [-0.1, -0.05) is 13.0 Å². The summed E-state index contributed by atoms with van der Waals surface area (Å²) in [5.41, 5.74) is 2.46. The summed E-state index contributed by atoms with van der Waals surface area (Å²) >= 11 is 0. The van der Waals surface area contributed by atoms with Gasteiger partial charge in [-0.05, 0) is 55.9 Å². The van der Waals surface area contributed by atoms with Gasteiger partial charge in [-0.2, -0.15) is 4.31 Å². The average Bonchev–Trinajstić information content (AvgIpc) is 3.09. The van der Waals surface area contributed by atoms with Gasteiger partial charge in [0.15, 0.2) is 6.54 Å². The fraction of sp³-hybridized carbons (Fsp3) is 0.632. The van der Waals surface area contributed by atoms with E-state index in [0.717, 1.165) is 30.6 Å². The Morgan fingerprint density at radius 2 is 1.92 bits per heavy atom. The van der Waals surface area contributed by atoms with E-state index in [0.29, 0.717) is 37.6 Å². The summed E-state index contributed by atoms with van der Waals surface area (Å²) < 4.78 is 27.4. The first-order valence-electron chi connectivity index (χ1n) is 9.65. The average molecular weight is 381 g/mol. The summed E-state index contributed by atoms with van der Waals surface area (Å²) in [6.07, 6.45) is 4.05. The van der Waals surface area contributed by atoms with Crippen LogP contribution in [0.25, 0.3) is 0 Å². The Balaban J connectivity index is 1.58. The molecule has 1 fully saturated rings. The molecule has 0 aromatic heterocycles. The number of rotatable bonds is 6. The number of piperazine rings is 1. The molecule has 1 heterocycles. The number of benzene rings is 1. The van der Waals surface area contributed by atoms with Gasteiger partial charge >= 0.3 is 0 Å². The van der Waals surface area contributed by atoms with Crippen molar-refractivity contribution in [2.24, 2.45) is 0 Å². The molecule has 1 aliphatic carbocycles. The van der Waals surface area contributed by atoms with Crippen LogP contribution in [0.5, 0.6) is 0 Å². The Morgan fingerprint density at radius 3 is 2.62 bits per heavy atom. The number of carbonyl (C=O) groups excluding carboxylic acids is 1. The van der Waals surface area contributed by atoms with Crippen LogP contribution in [-0.2, 0) is 27.7 Å². The Morgan fingerprint density at radius 1 is 1.23 bits per heavy atom. The Hall–Kier alpha value is -1.44. The number of fused-ring (bicyclic) bond motifs is 1. The van der Waals surface area contributed by atoms with E-state index in [1.165, 1.54) is 11.1 Å². The number of nitrogens with one attached hydrogen (secondary N) is 2. The highest BCUT2D eigenvalue weighted by atomic mass is 32.2. The van der Waals surface area contributed by atoms with E-state index in [1.807, 2.05) is 26.0 Å². The van der Waals surface area contributed by atoms with Gasteiger partial charge in [0.25, 0.3) is 5.91 Å². The van der Waals surface area contributed by atoms with Crippen molar-refractivity contribution in [3.63, 3.8) is 0 Å². The van der Waals surface area contributed by atoms with E-state index in [9.17, 15) is 13.2 Å². The maximum absolute atomic E-state index is 12.9. The first-order valence-corrected chi connectivity index (χ1v) is 11.1. The van der Waals surface area contributed by atoms with Crippen LogP contribution in [0.2, 0.25) is 0 Å². The van der Waals surface area contributed by atoms with Crippen LogP contribution in [0.15, 0.2) is 23.1 Å². The molecule has 1 aromatic carbocycles. The molecule has 0 saturated carbocycles. The van der Waals surface area contributed by atoms with Crippen molar-refractivity contribution in [2.75, 3.05) is 32.7 Å². The lowest BCUT2D eigenvalue weighted by molar-refractivity contribution is -0.895. The summed E-state index contributed by atoms with van der Waals surface area (Å²) in [6.45, 7) is 6.71. The number of hydrogen-bond donors (Lipinski definition) is 2. The van der Waals surface area contributed by atoms with Crippen molar-refractivity contribution in [1.82, 2.24) is 9.62 Å². The normalized spacial score (nSPS) is 19.9. The van der Waals surface area contributed by atoms with Gasteiger partial charge in [-0.15, -0.1) is 0 Å². The molecule has 3 rings (SSSR count). The number of amides is 1. The second kappa shape index (κ2) is 8.06. The predicted octanol–water partition coefficient (Wildman–Crippen LogP) is -0.0208. The van der Waals surface area contributed by atoms with E-state index in [4.69, 9.17) is 0 Å². The minimum Gasteiger partial charge on any atom is -0.349 e. The van der Waals surface area contributed by atoms with Gasteiger partial charge in [0, 0.05) is 6.04 Å². The van der Waals surface area contributed by atoms with E-state index in [2.05, 4.69) is 5.32 Å². The predicted molar refractivity (Wildman–Crippen MR) is 101 cm³/mol. The van der Waals surface area contributed by atoms with Gasteiger partial charge in [0.2, 0.25) is 10.0 Å². The third-order valence-electron chi connectivity index (χ3n) is 5.57. The van der Waals surface area contributed by atoms with Crippen molar-refractivity contribution >= 4 is 15.9 Å². The monoisotopic (exact) mass is 380 g/mol. The van der Waals surface area contributed by atoms with Gasteiger partial charge in [0.05, 0.1) is 31.1 Å². The molecule has 0 radical (unpaired) electrons. The third kappa shape index (κ3) is 4.27. The van der Waals surface area contributed by atoms with Crippen LogP contribution < -0.4 is 10.2 Å². The number of carbonyl (C=O) groups is 1. The summed E-state index contributed by atoms with van der Waals surface area (Å²) in [7, 11) is -3.44. The zero-order valence-corrected chi connectivity index (χ0v) is 16.6. The zero-order valence-electron chi connectivity index (χ0n) is 15.8. The highest BCUT2D eigenvalue weighted by Gasteiger charge is 2.31. The van der Waals surface area contributed by atoms with Crippen molar-refractivity contribution in [3.8, 4) is 0 Å². The van der Waals surface area contributed by atoms with Crippen LogP contribution in [0.3, 0.4) is 0 Å². The van der Waals surface area contributed by atoms with Crippen molar-refractivity contribution < 1.29 is 18.1 Å². The van der Waals surface area contributed by atoms with Gasteiger partial charge < -0.3 is 10.2 Å². The Kier molecular flexibility index (Phi) is 5.99. The minimum absolute atomic E-state index is 0.0456. The quantitative estimate of drug-likeness (QED) is 0.729. The summed E-state index contributed by atoms with van der Waals surface area (Å²) in [5.74, 6) is 0.0456. The van der Waals surface area contributed by atoms with Crippen molar-refractivity contribution in [2.45, 2.75) is 50.5 Å². The van der Waals surface area contributed by atoms with Crippen LogP contribution in [0, 0.1) is 0 Å². The molecular formula is C19H30N3O3S+. The van der Waals surface area contributed by atoms with Gasteiger partial charge in [0.1, 0.15) is 0 Å². The number of quaternary nitrogens is 1. The maximum atomic E-state index is 12.9. The summed E-state index contributed by atoms with van der Waals surface area (Å²) in [4.78, 5) is 13.6. The van der Waals surface area contributed by atoms with Crippen LogP contribution >= 0.6 is 0 Å². The first-order chi connectivity index (χ1) is 12.4. The molecular weight excluding hydrogens is 350 g/mol. The van der Waals surface area contributed by atoms with E-state index >= 15 is 0 Å². The number of sulfonamides is 1. The standard InChI is InChI=1S/C19H29N3O3S/c1-3-15(2)20-19(23)14-21-9-11-22(12-10-21)26(24,25)18-8-7-16-5-4-6-17(16)13-18/h7-8,13,15H,3-6,9-12,14H2,1-2H3,(H,20,23)/p+1/t15-/m1/s1. The highest BCUT2D eigenvalue weighted by Crippen LogP contribution is 2.26. The van der Waals surface area contributed by atoms with Gasteiger partial charge in [-0.25, -0.2) is 8.42 Å². The Labute approximate surface area is 156 Å². The third-order valence-corrected chi connectivity index (χ3v) is 7.46. The molecule has 1 atom stereocenters. The second-order valence-electron chi connectivity index (χ2n) is 7.49. The lowest BCUT2D eigenvalue weighted by Gasteiger charge is -2.31. The second-order valence-corrected chi connectivity index (χ2v) is 9.43. The molecule has 0 spiro atoms. The molecule has 1 aromatic rings. The highest BCUT2D eigenvalue weighted by molar-refractivity contribution is 7.89. The molecule has 144 valence electrons. The lowest BCUT2D eigenvalue weighted by atomic mass is 10.1. The molecule has 1 amide bonds. The first kappa shape index (κ1) is 19.3. The molecule has 2 aliphatic rings. The summed E-state index contributed by atoms with van der Waals surface area (Å²) in [5, 5.41) is 2.98. The van der Waals surface area contributed by atoms with Gasteiger partial charge in [-0.3, -0.25) is 4.79 Å². The fourth-order valence-corrected chi connectivity index (χ4v) is 5.22. The topological polar surface area (TPSA) is 70.9 Å². The van der Waals surface area contributed by atoms with E-state index in [-0.39, 0.29) is 11.9 Å². The van der Waals surface area contributed by atoms with Crippen molar-refractivity contribution in [3.05, 3.63) is 29.3 Å². The van der Waals surface area contributed by atoms with Crippen LogP contribution in [0.4, 0.5) is 0 Å². The molecule has 26 heavy (non-hydrogen) atoms. The molecule has 0 unspecified atom stereocenters. The van der Waals surface area contributed by atoms with Crippen LogP contribution in [-0.4, -0.2) is 57.4 Å². The van der Waals surface area contributed by atoms with E-state index in [1.54, 1.807) is 10.4 Å². The SMILES string of the molecule is CC[C@@H](C)NC(=O)C[NH+]1CCN(S(=O)(=O)c2ccc3c(c2)CCC3)CC1. The van der Waals surface area contributed by atoms with Crippen LogP contribution in [0.1, 0.15) is 37.8 Å². The number of aryl methyl sites for hydroxylation is 2. The zero-order chi connectivity index (χ0) is 18.7. The lowest BCUT2D eigenvalue weighted by Crippen LogP contribution is -3.15. The summed E-state index contributed by atoms with van der Waals surface area (Å²) in [6, 6.07) is 5.76. The molecule has 6 nitrogen and oxygen atoms in total. The maximum Gasteiger partial charge on any atom is 0.275 e. The fourth-order valence-electron chi connectivity index (χ4n) is 3.73. The minimum atomic E-state index is -3.44. The molecule has 7 heteroatoms. The molecule has 1 aliphatic heterocycles. The number of nitrogens with zero attached hydrogens (tertiary/aromatic N) is 1. The van der Waals surface area contributed by atoms with E-state index < -0.39 is 10.0 Å². The van der Waals surface area contributed by atoms with Crippen molar-refractivity contribution in [1.29, 1.82) is 0 Å². The molecule has 0 bridgehead atoms. The smallest absolute Gasteiger partial charge is 0.275 e. The molecule has 2 N–H and O–H groups in total. The Bertz CT molecular complexity index is 755.